The van der Waals surface area contributed by atoms with Crippen LogP contribution in [-0.2, 0) is 6.54 Å². The molecular formula is C14H23N3O. The highest BCUT2D eigenvalue weighted by Gasteiger charge is 2.58. The highest BCUT2D eigenvalue weighted by Crippen LogP contribution is 2.62. The van der Waals surface area contributed by atoms with Crippen LogP contribution in [-0.4, -0.2) is 16.2 Å². The Kier molecular flexibility index (Phi) is 2.56. The number of nitrogens with one attached hydrogen (secondary N) is 1. The van der Waals surface area contributed by atoms with Gasteiger partial charge in [0.05, 0.1) is 6.54 Å². The molecule has 1 heterocycles. The average Bonchev–Trinajstić information content (AvgIpc) is 2.89. The predicted octanol–water partition coefficient (Wildman–Crippen LogP) is 2.68. The summed E-state index contributed by atoms with van der Waals surface area (Å²) < 4.78 is 5.18. The Bertz CT molecular complexity index is 449. The summed E-state index contributed by atoms with van der Waals surface area (Å²) in [4.78, 5) is 4.26. The number of nitrogens with zero attached hydrogens (tertiary/aromatic N) is 2. The highest BCUT2D eigenvalue weighted by atomic mass is 16.5. The molecule has 1 unspecified atom stereocenters. The van der Waals surface area contributed by atoms with Crippen molar-refractivity contribution in [2.75, 3.05) is 0 Å². The number of aryl methyl sites for hydroxylation is 1. The zero-order chi connectivity index (χ0) is 13.0. The minimum atomic E-state index is 0.377. The van der Waals surface area contributed by atoms with Crippen molar-refractivity contribution in [3.63, 3.8) is 0 Å². The molecule has 0 saturated heterocycles. The largest absolute Gasteiger partial charge is 0.338 e. The van der Waals surface area contributed by atoms with Gasteiger partial charge in [-0.1, -0.05) is 25.9 Å². The van der Waals surface area contributed by atoms with E-state index in [-0.39, 0.29) is 0 Å². The molecular weight excluding hydrogens is 226 g/mol. The molecule has 2 aliphatic rings. The lowest BCUT2D eigenvalue weighted by atomic mass is 9.68. The first-order valence-electron chi connectivity index (χ1n) is 6.94. The molecule has 0 amide bonds. The van der Waals surface area contributed by atoms with E-state index >= 15 is 0 Å². The Morgan fingerprint density at radius 2 is 2.17 bits per heavy atom. The first kappa shape index (κ1) is 12.2. The van der Waals surface area contributed by atoms with Gasteiger partial charge in [-0.2, -0.15) is 4.98 Å². The van der Waals surface area contributed by atoms with E-state index in [4.69, 9.17) is 4.52 Å². The number of fused-ring (bicyclic) bond motifs is 2. The molecule has 4 nitrogen and oxygen atoms in total. The van der Waals surface area contributed by atoms with E-state index in [2.05, 4.69) is 36.2 Å². The van der Waals surface area contributed by atoms with Crippen LogP contribution < -0.4 is 5.32 Å². The van der Waals surface area contributed by atoms with E-state index in [0.29, 0.717) is 35.1 Å². The Balaban J connectivity index is 1.72. The van der Waals surface area contributed by atoms with E-state index in [1.165, 1.54) is 19.3 Å². The van der Waals surface area contributed by atoms with Crippen LogP contribution in [0.25, 0.3) is 0 Å². The van der Waals surface area contributed by atoms with Gasteiger partial charge in [-0.3, -0.25) is 0 Å². The predicted molar refractivity (Wildman–Crippen MR) is 68.9 cm³/mol. The molecule has 2 bridgehead atoms. The second-order valence-corrected chi connectivity index (χ2v) is 6.96. The fourth-order valence-corrected chi connectivity index (χ4v) is 4.41. The summed E-state index contributed by atoms with van der Waals surface area (Å²) in [5.41, 5.74) is 0.825. The maximum atomic E-state index is 5.18. The molecule has 18 heavy (non-hydrogen) atoms. The fraction of sp³-hybridized carbons (Fsp3) is 0.857. The highest BCUT2D eigenvalue weighted by molar-refractivity contribution is 5.12. The van der Waals surface area contributed by atoms with Crippen LogP contribution in [0.1, 0.15) is 51.7 Å². The molecule has 2 aliphatic carbocycles. The van der Waals surface area contributed by atoms with Gasteiger partial charge in [0.2, 0.25) is 5.89 Å². The van der Waals surface area contributed by atoms with Crippen LogP contribution >= 0.6 is 0 Å². The number of hydrogen-bond acceptors (Lipinski definition) is 4. The summed E-state index contributed by atoms with van der Waals surface area (Å²) in [5.74, 6) is 2.28. The van der Waals surface area contributed by atoms with Crippen molar-refractivity contribution in [3.05, 3.63) is 11.7 Å². The Morgan fingerprint density at radius 3 is 2.72 bits per heavy atom. The van der Waals surface area contributed by atoms with Crippen LogP contribution in [0.15, 0.2) is 4.52 Å². The topological polar surface area (TPSA) is 51.0 Å². The minimum absolute atomic E-state index is 0.377. The van der Waals surface area contributed by atoms with Crippen molar-refractivity contribution in [2.24, 2.45) is 16.7 Å². The lowest BCUT2D eigenvalue weighted by molar-refractivity contribution is 0.105. The molecule has 2 saturated carbocycles. The third kappa shape index (κ3) is 1.69. The molecule has 2 fully saturated rings. The van der Waals surface area contributed by atoms with Gasteiger partial charge in [0.1, 0.15) is 0 Å². The summed E-state index contributed by atoms with van der Waals surface area (Å²) in [6.07, 6.45) is 4.10. The third-order valence-electron chi connectivity index (χ3n) is 5.30. The average molecular weight is 249 g/mol. The van der Waals surface area contributed by atoms with Crippen molar-refractivity contribution in [3.8, 4) is 0 Å². The van der Waals surface area contributed by atoms with Crippen molar-refractivity contribution in [1.82, 2.24) is 15.5 Å². The maximum Gasteiger partial charge on any atom is 0.240 e. The molecule has 0 spiro atoms. The van der Waals surface area contributed by atoms with Gasteiger partial charge in [0.15, 0.2) is 5.82 Å². The second kappa shape index (κ2) is 3.80. The van der Waals surface area contributed by atoms with Gasteiger partial charge >= 0.3 is 0 Å². The SMILES string of the molecule is Cc1noc(CNC2C(C)(C)[C@H]3CC[C@]2(C)C3)n1. The molecule has 0 aliphatic heterocycles. The maximum absolute atomic E-state index is 5.18. The zero-order valence-corrected chi connectivity index (χ0v) is 11.8. The van der Waals surface area contributed by atoms with Crippen LogP contribution in [0.5, 0.6) is 0 Å². The molecule has 4 heteroatoms. The smallest absolute Gasteiger partial charge is 0.240 e. The van der Waals surface area contributed by atoms with Crippen molar-refractivity contribution >= 4 is 0 Å². The monoisotopic (exact) mass is 249 g/mol. The van der Waals surface area contributed by atoms with E-state index in [1.807, 2.05) is 6.92 Å². The molecule has 0 aromatic carbocycles. The molecule has 3 atom stereocenters. The molecule has 100 valence electrons. The van der Waals surface area contributed by atoms with E-state index in [0.717, 1.165) is 5.92 Å². The Hall–Kier alpha value is -0.900. The van der Waals surface area contributed by atoms with Crippen LogP contribution in [0.3, 0.4) is 0 Å². The van der Waals surface area contributed by atoms with E-state index in [1.54, 1.807) is 0 Å². The zero-order valence-electron chi connectivity index (χ0n) is 11.8. The van der Waals surface area contributed by atoms with Gasteiger partial charge in [-0.15, -0.1) is 0 Å². The van der Waals surface area contributed by atoms with Crippen LogP contribution in [0, 0.1) is 23.7 Å². The molecule has 1 aromatic rings. The molecule has 1 aromatic heterocycles. The lowest BCUT2D eigenvalue weighted by Crippen LogP contribution is -2.49. The quantitative estimate of drug-likeness (QED) is 0.894. The summed E-state index contributed by atoms with van der Waals surface area (Å²) >= 11 is 0. The first-order valence-corrected chi connectivity index (χ1v) is 6.94. The van der Waals surface area contributed by atoms with E-state index < -0.39 is 0 Å². The van der Waals surface area contributed by atoms with Gasteiger partial charge in [0.25, 0.3) is 0 Å². The van der Waals surface area contributed by atoms with E-state index in [9.17, 15) is 0 Å². The number of aromatic nitrogens is 2. The van der Waals surface area contributed by atoms with Crippen molar-refractivity contribution in [1.29, 1.82) is 0 Å². The van der Waals surface area contributed by atoms with Gasteiger partial charge in [0, 0.05) is 6.04 Å². The standard InChI is InChI=1S/C14H23N3O/c1-9-16-11(18-17-9)8-15-12-13(2,3)10-5-6-14(12,4)7-10/h10,12,15H,5-8H2,1-4H3/t10-,12?,14+/m0/s1. The normalized spacial score (nSPS) is 37.3. The summed E-state index contributed by atoms with van der Waals surface area (Å²) in [7, 11) is 0. The third-order valence-corrected chi connectivity index (χ3v) is 5.30. The fourth-order valence-electron chi connectivity index (χ4n) is 4.41. The van der Waals surface area contributed by atoms with Crippen LogP contribution in [0.2, 0.25) is 0 Å². The molecule has 0 radical (unpaired) electrons. The number of hydrogen-bond donors (Lipinski definition) is 1. The van der Waals surface area contributed by atoms with Crippen LogP contribution in [0.4, 0.5) is 0 Å². The molecule has 1 N–H and O–H groups in total. The van der Waals surface area contributed by atoms with Crippen molar-refractivity contribution < 1.29 is 4.52 Å². The molecule has 3 rings (SSSR count). The lowest BCUT2D eigenvalue weighted by Gasteiger charge is -2.43. The minimum Gasteiger partial charge on any atom is -0.338 e. The second-order valence-electron chi connectivity index (χ2n) is 6.96. The summed E-state index contributed by atoms with van der Waals surface area (Å²) in [6.45, 7) is 9.78. The number of rotatable bonds is 3. The summed E-state index contributed by atoms with van der Waals surface area (Å²) in [5, 5.41) is 7.51. The Labute approximate surface area is 109 Å². The van der Waals surface area contributed by atoms with Gasteiger partial charge in [-0.25, -0.2) is 0 Å². The van der Waals surface area contributed by atoms with Gasteiger partial charge < -0.3 is 9.84 Å². The summed E-state index contributed by atoms with van der Waals surface area (Å²) in [6, 6.07) is 0.552. The first-order chi connectivity index (χ1) is 8.42. The van der Waals surface area contributed by atoms with Crippen molar-refractivity contribution in [2.45, 2.75) is 59.5 Å². The Morgan fingerprint density at radius 1 is 1.39 bits per heavy atom. The van der Waals surface area contributed by atoms with Gasteiger partial charge in [-0.05, 0) is 42.9 Å².